The lowest BCUT2D eigenvalue weighted by Gasteiger charge is -2.22. The standard InChI is InChI=1S/C15H22N2O2S/c1-19-8-6-12-4-2-3-5-14(12)17-15(18)10-13-11-20-9-7-16-13/h2-5,13,16H,6-11H2,1H3,(H,17,18). The number of hydrogen-bond donors (Lipinski definition) is 2. The van der Waals surface area contributed by atoms with Gasteiger partial charge in [0.2, 0.25) is 5.91 Å². The molecule has 0 saturated carbocycles. The molecule has 2 rings (SSSR count). The number of thioether (sulfide) groups is 1. The van der Waals surface area contributed by atoms with Gasteiger partial charge in [-0.3, -0.25) is 4.79 Å². The summed E-state index contributed by atoms with van der Waals surface area (Å²) in [6.07, 6.45) is 1.34. The first-order valence-electron chi connectivity index (χ1n) is 6.97. The first kappa shape index (κ1) is 15.4. The Morgan fingerprint density at radius 1 is 1.50 bits per heavy atom. The van der Waals surface area contributed by atoms with Crippen LogP contribution in [0.3, 0.4) is 0 Å². The van der Waals surface area contributed by atoms with Gasteiger partial charge in [0, 0.05) is 43.3 Å². The second-order valence-electron chi connectivity index (χ2n) is 4.88. The van der Waals surface area contributed by atoms with Gasteiger partial charge in [-0.1, -0.05) is 18.2 Å². The van der Waals surface area contributed by atoms with Crippen LogP contribution in [0.15, 0.2) is 24.3 Å². The van der Waals surface area contributed by atoms with E-state index < -0.39 is 0 Å². The number of nitrogens with one attached hydrogen (secondary N) is 2. The minimum atomic E-state index is 0.0786. The monoisotopic (exact) mass is 294 g/mol. The van der Waals surface area contributed by atoms with E-state index in [9.17, 15) is 4.79 Å². The van der Waals surface area contributed by atoms with Gasteiger partial charge in [-0.15, -0.1) is 0 Å². The molecule has 1 heterocycles. The Morgan fingerprint density at radius 3 is 3.10 bits per heavy atom. The normalized spacial score (nSPS) is 18.8. The highest BCUT2D eigenvalue weighted by atomic mass is 32.2. The third-order valence-corrected chi connectivity index (χ3v) is 4.43. The van der Waals surface area contributed by atoms with Gasteiger partial charge in [-0.05, 0) is 18.1 Å². The van der Waals surface area contributed by atoms with Gasteiger partial charge < -0.3 is 15.4 Å². The molecule has 0 radical (unpaired) electrons. The van der Waals surface area contributed by atoms with Crippen LogP contribution in [0, 0.1) is 0 Å². The van der Waals surface area contributed by atoms with Gasteiger partial charge in [-0.2, -0.15) is 11.8 Å². The Labute approximate surface area is 124 Å². The second kappa shape index (κ2) is 8.29. The van der Waals surface area contributed by atoms with E-state index in [4.69, 9.17) is 4.74 Å². The molecule has 0 aliphatic carbocycles. The molecule has 1 aromatic carbocycles. The molecule has 5 heteroatoms. The van der Waals surface area contributed by atoms with E-state index >= 15 is 0 Å². The zero-order chi connectivity index (χ0) is 14.2. The third kappa shape index (κ3) is 4.81. The smallest absolute Gasteiger partial charge is 0.225 e. The molecule has 1 aliphatic rings. The van der Waals surface area contributed by atoms with E-state index in [1.807, 2.05) is 36.0 Å². The van der Waals surface area contributed by atoms with Crippen LogP contribution in [-0.2, 0) is 16.0 Å². The highest BCUT2D eigenvalue weighted by molar-refractivity contribution is 7.99. The quantitative estimate of drug-likeness (QED) is 0.841. The van der Waals surface area contributed by atoms with Gasteiger partial charge in [0.1, 0.15) is 0 Å². The fourth-order valence-corrected chi connectivity index (χ4v) is 3.20. The van der Waals surface area contributed by atoms with E-state index in [2.05, 4.69) is 10.6 Å². The summed E-state index contributed by atoms with van der Waals surface area (Å²) in [5.74, 6) is 2.23. The molecule has 1 atom stereocenters. The number of hydrogen-bond acceptors (Lipinski definition) is 4. The lowest BCUT2D eigenvalue weighted by atomic mass is 10.1. The molecular weight excluding hydrogens is 272 g/mol. The number of methoxy groups -OCH3 is 1. The number of anilines is 1. The maximum atomic E-state index is 12.1. The first-order valence-corrected chi connectivity index (χ1v) is 8.13. The number of carbonyl (C=O) groups is 1. The van der Waals surface area contributed by atoms with E-state index in [-0.39, 0.29) is 5.91 Å². The van der Waals surface area contributed by atoms with Crippen molar-refractivity contribution in [2.24, 2.45) is 0 Å². The zero-order valence-electron chi connectivity index (χ0n) is 11.9. The average Bonchev–Trinajstić information content (AvgIpc) is 2.47. The summed E-state index contributed by atoms with van der Waals surface area (Å²) in [5.41, 5.74) is 2.02. The fourth-order valence-electron chi connectivity index (χ4n) is 2.25. The number of ether oxygens (including phenoxy) is 1. The maximum Gasteiger partial charge on any atom is 0.225 e. The molecule has 20 heavy (non-hydrogen) atoms. The van der Waals surface area contributed by atoms with Gasteiger partial charge in [0.05, 0.1) is 6.61 Å². The molecule has 0 aromatic heterocycles. The van der Waals surface area contributed by atoms with Crippen molar-refractivity contribution in [1.29, 1.82) is 0 Å². The lowest BCUT2D eigenvalue weighted by Crippen LogP contribution is -2.40. The van der Waals surface area contributed by atoms with E-state index in [1.165, 1.54) is 0 Å². The summed E-state index contributed by atoms with van der Waals surface area (Å²) in [5, 5.41) is 6.41. The highest BCUT2D eigenvalue weighted by Gasteiger charge is 2.17. The van der Waals surface area contributed by atoms with Gasteiger partial charge >= 0.3 is 0 Å². The minimum Gasteiger partial charge on any atom is -0.384 e. The Bertz CT molecular complexity index is 434. The molecule has 1 aromatic rings. The Balaban J connectivity index is 1.89. The molecule has 110 valence electrons. The van der Waals surface area contributed by atoms with E-state index in [0.717, 1.165) is 35.7 Å². The van der Waals surface area contributed by atoms with Crippen LogP contribution in [-0.4, -0.2) is 43.7 Å². The predicted molar refractivity (Wildman–Crippen MR) is 84.4 cm³/mol. The molecule has 2 N–H and O–H groups in total. The SMILES string of the molecule is COCCc1ccccc1NC(=O)CC1CSCCN1. The molecular formula is C15H22N2O2S. The summed E-state index contributed by atoms with van der Waals surface area (Å²) in [7, 11) is 1.69. The Morgan fingerprint density at radius 2 is 2.35 bits per heavy atom. The number of carbonyl (C=O) groups excluding carboxylic acids is 1. The van der Waals surface area contributed by atoms with Crippen LogP contribution in [0.5, 0.6) is 0 Å². The predicted octanol–water partition coefficient (Wildman–Crippen LogP) is 1.91. The average molecular weight is 294 g/mol. The fraction of sp³-hybridized carbons (Fsp3) is 0.533. The van der Waals surface area contributed by atoms with E-state index in [0.29, 0.717) is 19.1 Å². The molecule has 1 unspecified atom stereocenters. The first-order chi connectivity index (χ1) is 9.79. The van der Waals surface area contributed by atoms with E-state index in [1.54, 1.807) is 7.11 Å². The molecule has 1 fully saturated rings. The summed E-state index contributed by atoms with van der Waals surface area (Å²) in [6.45, 7) is 1.65. The summed E-state index contributed by atoms with van der Waals surface area (Å²) < 4.78 is 5.10. The van der Waals surface area contributed by atoms with Crippen molar-refractivity contribution in [2.75, 3.05) is 37.1 Å². The number of para-hydroxylation sites is 1. The topological polar surface area (TPSA) is 50.4 Å². The number of rotatable bonds is 6. The number of amides is 1. The van der Waals surface area contributed by atoms with Crippen LogP contribution >= 0.6 is 11.8 Å². The van der Waals surface area contributed by atoms with Gasteiger partial charge in [-0.25, -0.2) is 0 Å². The van der Waals surface area contributed by atoms with Crippen molar-refractivity contribution in [2.45, 2.75) is 18.9 Å². The summed E-state index contributed by atoms with van der Waals surface area (Å²) in [4.78, 5) is 12.1. The molecule has 1 saturated heterocycles. The molecule has 0 bridgehead atoms. The van der Waals surface area contributed by atoms with Crippen molar-refractivity contribution in [3.63, 3.8) is 0 Å². The summed E-state index contributed by atoms with van der Waals surface area (Å²) >= 11 is 1.91. The maximum absolute atomic E-state index is 12.1. The molecule has 1 amide bonds. The molecule has 4 nitrogen and oxygen atoms in total. The van der Waals surface area contributed by atoms with Gasteiger partial charge in [0.15, 0.2) is 0 Å². The zero-order valence-corrected chi connectivity index (χ0v) is 12.7. The Kier molecular flexibility index (Phi) is 6.36. The van der Waals surface area contributed by atoms with Crippen molar-refractivity contribution >= 4 is 23.4 Å². The van der Waals surface area contributed by atoms with Crippen molar-refractivity contribution in [3.8, 4) is 0 Å². The van der Waals surface area contributed by atoms with Crippen LogP contribution in [0.2, 0.25) is 0 Å². The van der Waals surface area contributed by atoms with Crippen molar-refractivity contribution in [3.05, 3.63) is 29.8 Å². The minimum absolute atomic E-state index is 0.0786. The highest BCUT2D eigenvalue weighted by Crippen LogP contribution is 2.17. The second-order valence-corrected chi connectivity index (χ2v) is 6.03. The van der Waals surface area contributed by atoms with Gasteiger partial charge in [0.25, 0.3) is 0 Å². The largest absolute Gasteiger partial charge is 0.384 e. The molecule has 1 aliphatic heterocycles. The van der Waals surface area contributed by atoms with Crippen LogP contribution in [0.4, 0.5) is 5.69 Å². The Hall–Kier alpha value is -1.04. The van der Waals surface area contributed by atoms with Crippen molar-refractivity contribution in [1.82, 2.24) is 5.32 Å². The summed E-state index contributed by atoms with van der Waals surface area (Å²) in [6, 6.07) is 8.20. The molecule has 0 spiro atoms. The van der Waals surface area contributed by atoms with Crippen LogP contribution in [0.25, 0.3) is 0 Å². The van der Waals surface area contributed by atoms with Crippen LogP contribution < -0.4 is 10.6 Å². The van der Waals surface area contributed by atoms with Crippen molar-refractivity contribution < 1.29 is 9.53 Å². The van der Waals surface area contributed by atoms with Crippen LogP contribution in [0.1, 0.15) is 12.0 Å². The lowest BCUT2D eigenvalue weighted by molar-refractivity contribution is -0.116. The third-order valence-electron chi connectivity index (χ3n) is 3.30. The number of benzene rings is 1.